The Labute approximate surface area is 230 Å². The van der Waals surface area contributed by atoms with Crippen molar-refractivity contribution in [1.82, 2.24) is 24.5 Å². The first-order chi connectivity index (χ1) is 19.1. The molecule has 0 fully saturated rings. The van der Waals surface area contributed by atoms with Gasteiger partial charge in [-0.15, -0.1) is 12.8 Å². The molecule has 0 bridgehead atoms. The number of likely N-dealkylation sites (N-methyl/N-ethyl adjacent to an activating group) is 1. The second-order valence-corrected chi connectivity index (χ2v) is 9.49. The lowest BCUT2D eigenvalue weighted by Crippen LogP contribution is -2.39. The van der Waals surface area contributed by atoms with Gasteiger partial charge in [-0.2, -0.15) is 0 Å². The van der Waals surface area contributed by atoms with E-state index >= 15 is 0 Å². The number of carbonyl (C=O) groups is 1. The van der Waals surface area contributed by atoms with Gasteiger partial charge in [0, 0.05) is 29.8 Å². The van der Waals surface area contributed by atoms with Crippen molar-refractivity contribution in [3.05, 3.63) is 82.2 Å². The fourth-order valence-corrected chi connectivity index (χ4v) is 4.00. The summed E-state index contributed by atoms with van der Waals surface area (Å²) < 4.78 is 1.86. The highest BCUT2D eigenvalue weighted by Crippen LogP contribution is 2.25. The SMILES string of the molecule is C#Cc1cccc(Nc2ncnc3cnc(NC(=O)C=CC[N+](C)(C)Cc4c([N+](=O)[O-])nc(C#C)n4C)cc23)c1. The van der Waals surface area contributed by atoms with E-state index in [1.807, 2.05) is 38.4 Å². The Balaban J connectivity index is 1.45. The highest BCUT2D eigenvalue weighted by Gasteiger charge is 2.30. The largest absolute Gasteiger partial charge is 0.392 e. The van der Waals surface area contributed by atoms with Crippen LogP contribution in [0.1, 0.15) is 17.1 Å². The Bertz CT molecular complexity index is 1730. The number of benzene rings is 1. The smallest absolute Gasteiger partial charge is 0.358 e. The van der Waals surface area contributed by atoms with Crippen LogP contribution in [0.15, 0.2) is 55.0 Å². The van der Waals surface area contributed by atoms with E-state index in [4.69, 9.17) is 12.8 Å². The van der Waals surface area contributed by atoms with Crippen LogP contribution in [-0.2, 0) is 18.4 Å². The third-order valence-electron chi connectivity index (χ3n) is 6.01. The quantitative estimate of drug-likeness (QED) is 0.109. The number of quaternary nitrogens is 1. The van der Waals surface area contributed by atoms with E-state index < -0.39 is 4.92 Å². The molecular formula is C28H26N9O3+. The average Bonchev–Trinajstić information content (AvgIpc) is 3.23. The maximum absolute atomic E-state index is 12.6. The molecule has 0 atom stereocenters. The number of carbonyl (C=O) groups excluding carboxylic acids is 1. The molecule has 40 heavy (non-hydrogen) atoms. The highest BCUT2D eigenvalue weighted by atomic mass is 16.6. The number of rotatable bonds is 9. The third kappa shape index (κ3) is 6.27. The van der Waals surface area contributed by atoms with Gasteiger partial charge in [-0.1, -0.05) is 12.0 Å². The van der Waals surface area contributed by atoms with Crippen molar-refractivity contribution < 1.29 is 14.2 Å². The van der Waals surface area contributed by atoms with Crippen LogP contribution >= 0.6 is 0 Å². The lowest BCUT2D eigenvalue weighted by molar-refractivity contribution is -0.898. The second kappa shape index (κ2) is 11.4. The van der Waals surface area contributed by atoms with Crippen molar-refractivity contribution in [3.8, 4) is 24.7 Å². The lowest BCUT2D eigenvalue weighted by atomic mass is 10.2. The fraction of sp³-hybridized carbons (Fsp3) is 0.179. The normalized spacial score (nSPS) is 11.2. The standard InChI is InChI=1S/C28H25N9O3/c1-6-19-10-8-11-20(14-19)32-27-21-15-24(29-16-22(21)30-18-31-27)33-26(38)12-9-13-37(4,5)17-23-28(36(39)40)34-25(7-2)35(23)3/h1-2,8-12,14-16,18H,13,17H2,3-5H3,(H-,29,30,31,32,33,38)/p+1. The number of hydrogen-bond donors (Lipinski definition) is 2. The molecule has 4 aromatic rings. The summed E-state index contributed by atoms with van der Waals surface area (Å²) in [6.45, 7) is 0.685. The van der Waals surface area contributed by atoms with Crippen LogP contribution in [0, 0.1) is 34.8 Å². The maximum atomic E-state index is 12.6. The number of nitrogens with zero attached hydrogens (tertiary/aromatic N) is 7. The summed E-state index contributed by atoms with van der Waals surface area (Å²) in [5.74, 6) is 5.33. The summed E-state index contributed by atoms with van der Waals surface area (Å²) in [6, 6.07) is 9.03. The van der Waals surface area contributed by atoms with Crippen molar-refractivity contribution in [1.29, 1.82) is 0 Å². The van der Waals surface area contributed by atoms with Crippen LogP contribution in [0.4, 0.5) is 23.1 Å². The molecule has 0 saturated heterocycles. The number of nitro groups is 1. The summed E-state index contributed by atoms with van der Waals surface area (Å²) >= 11 is 0. The number of fused-ring (bicyclic) bond motifs is 1. The van der Waals surface area contributed by atoms with E-state index in [9.17, 15) is 14.9 Å². The van der Waals surface area contributed by atoms with Crippen LogP contribution < -0.4 is 10.6 Å². The molecule has 12 nitrogen and oxygen atoms in total. The van der Waals surface area contributed by atoms with E-state index in [1.54, 1.807) is 30.0 Å². The summed E-state index contributed by atoms with van der Waals surface area (Å²) in [6.07, 6.45) is 17.0. The van der Waals surface area contributed by atoms with Gasteiger partial charge in [0.1, 0.15) is 24.5 Å². The van der Waals surface area contributed by atoms with E-state index in [0.29, 0.717) is 39.3 Å². The minimum absolute atomic E-state index is 0.185. The Hall–Kier alpha value is -5.59. The number of imidazole rings is 1. The number of terminal acetylenes is 2. The molecule has 3 heterocycles. The van der Waals surface area contributed by atoms with Crippen molar-refractivity contribution in [2.45, 2.75) is 6.54 Å². The van der Waals surface area contributed by atoms with Gasteiger partial charge in [0.25, 0.3) is 5.82 Å². The topological polar surface area (TPSA) is 141 Å². The van der Waals surface area contributed by atoms with Crippen LogP contribution in [0.2, 0.25) is 0 Å². The molecule has 3 aromatic heterocycles. The fourth-order valence-electron chi connectivity index (χ4n) is 4.00. The first-order valence-electron chi connectivity index (χ1n) is 12.0. The van der Waals surface area contributed by atoms with Gasteiger partial charge in [-0.3, -0.25) is 9.36 Å². The van der Waals surface area contributed by atoms with Gasteiger partial charge in [0.05, 0.1) is 32.4 Å². The third-order valence-corrected chi connectivity index (χ3v) is 6.01. The zero-order chi connectivity index (χ0) is 28.9. The van der Waals surface area contributed by atoms with Crippen molar-refractivity contribution >= 4 is 40.0 Å². The van der Waals surface area contributed by atoms with Crippen LogP contribution in [0.3, 0.4) is 0 Å². The molecule has 12 heteroatoms. The van der Waals surface area contributed by atoms with Crippen molar-refractivity contribution in [3.63, 3.8) is 0 Å². The average molecular weight is 537 g/mol. The predicted octanol–water partition coefficient (Wildman–Crippen LogP) is 3.14. The molecule has 1 aromatic carbocycles. The Morgan fingerprint density at radius 3 is 2.73 bits per heavy atom. The molecule has 0 radical (unpaired) electrons. The van der Waals surface area contributed by atoms with E-state index in [-0.39, 0.29) is 24.1 Å². The molecular weight excluding hydrogens is 510 g/mol. The number of nitrogens with one attached hydrogen (secondary N) is 2. The highest BCUT2D eigenvalue weighted by molar-refractivity contribution is 6.00. The van der Waals surface area contributed by atoms with Crippen LogP contribution in [-0.4, -0.2) is 60.5 Å². The summed E-state index contributed by atoms with van der Waals surface area (Å²) in [4.78, 5) is 40.3. The molecule has 4 rings (SSSR count). The van der Waals surface area contributed by atoms with Gasteiger partial charge in [-0.05, 0) is 46.2 Å². The van der Waals surface area contributed by atoms with Crippen molar-refractivity contribution in [2.24, 2.45) is 7.05 Å². The number of aromatic nitrogens is 5. The number of anilines is 3. The monoisotopic (exact) mass is 536 g/mol. The first kappa shape index (κ1) is 27.4. The van der Waals surface area contributed by atoms with Gasteiger partial charge >= 0.3 is 5.82 Å². The molecule has 0 aliphatic carbocycles. The van der Waals surface area contributed by atoms with Crippen LogP contribution in [0.5, 0.6) is 0 Å². The molecule has 1 amide bonds. The van der Waals surface area contributed by atoms with E-state index in [0.717, 1.165) is 11.3 Å². The Morgan fingerprint density at radius 1 is 1.20 bits per heavy atom. The van der Waals surface area contributed by atoms with Gasteiger partial charge in [0.15, 0.2) is 5.69 Å². The number of pyridine rings is 1. The molecule has 0 unspecified atom stereocenters. The number of amides is 1. The van der Waals surface area contributed by atoms with Crippen molar-refractivity contribution in [2.75, 3.05) is 31.3 Å². The molecule has 2 N–H and O–H groups in total. The molecule has 0 spiro atoms. The molecule has 0 aliphatic heterocycles. The van der Waals surface area contributed by atoms with E-state index in [1.165, 1.54) is 12.4 Å². The second-order valence-electron chi connectivity index (χ2n) is 9.49. The Morgan fingerprint density at radius 2 is 2.00 bits per heavy atom. The number of hydrogen-bond acceptors (Lipinski definition) is 8. The van der Waals surface area contributed by atoms with E-state index in [2.05, 4.69) is 42.4 Å². The van der Waals surface area contributed by atoms with Crippen LogP contribution in [0.25, 0.3) is 10.9 Å². The summed E-state index contributed by atoms with van der Waals surface area (Å²) in [7, 11) is 5.41. The summed E-state index contributed by atoms with van der Waals surface area (Å²) in [5, 5.41) is 18.1. The minimum atomic E-state index is -0.545. The van der Waals surface area contributed by atoms with Gasteiger partial charge < -0.3 is 25.2 Å². The predicted molar refractivity (Wildman–Crippen MR) is 151 cm³/mol. The Kier molecular flexibility index (Phi) is 7.84. The van der Waals surface area contributed by atoms with Gasteiger partial charge in [-0.25, -0.2) is 15.0 Å². The zero-order valence-electron chi connectivity index (χ0n) is 22.1. The molecule has 0 saturated carbocycles. The maximum Gasteiger partial charge on any atom is 0.392 e. The van der Waals surface area contributed by atoms with Gasteiger partial charge in [0.2, 0.25) is 5.91 Å². The minimum Gasteiger partial charge on any atom is -0.358 e. The first-order valence-corrected chi connectivity index (χ1v) is 12.0. The molecule has 0 aliphatic rings. The zero-order valence-corrected chi connectivity index (χ0v) is 22.1. The lowest BCUT2D eigenvalue weighted by Gasteiger charge is -2.28. The summed E-state index contributed by atoms with van der Waals surface area (Å²) in [5.41, 5.74) is 2.48. The molecule has 200 valence electrons.